The molecule has 0 radical (unpaired) electrons. The van der Waals surface area contributed by atoms with Crippen molar-refractivity contribution in [3.05, 3.63) is 35.9 Å². The second-order valence-corrected chi connectivity index (χ2v) is 9.93. The largest absolute Gasteiger partial charge is 0.481 e. The molecule has 1 saturated carbocycles. The number of benzene rings is 1. The summed E-state index contributed by atoms with van der Waals surface area (Å²) in [5.41, 5.74) is -0.750. The van der Waals surface area contributed by atoms with Crippen LogP contribution < -0.4 is 10.6 Å². The fraction of sp³-hybridized carbons (Fsp3) is 0.609. The standard InChI is InChI=1S/C23H34N2O5/c1-15(26)25-23(12-16(13-23)19(27)28)18(24-20(29)30-21(2,3)4)14-22(5,6)17-10-8-7-9-11-17/h7-11,16,18H,12-14H2,1-6H3,(H,24,29)(H,25,26)(H,27,28). The SMILES string of the molecule is CC(=O)NC1(C(CC(C)(C)c2ccccc2)NC(=O)OC(C)(C)C)CC(C(=O)O)C1. The highest BCUT2D eigenvalue weighted by Crippen LogP contribution is 2.44. The van der Waals surface area contributed by atoms with Crippen LogP contribution in [0.4, 0.5) is 4.79 Å². The van der Waals surface area contributed by atoms with Crippen molar-refractivity contribution in [3.8, 4) is 0 Å². The zero-order chi connectivity index (χ0) is 22.7. The van der Waals surface area contributed by atoms with Crippen molar-refractivity contribution in [1.29, 1.82) is 0 Å². The zero-order valence-corrected chi connectivity index (χ0v) is 18.7. The van der Waals surface area contributed by atoms with Gasteiger partial charge in [-0.2, -0.15) is 0 Å². The molecular weight excluding hydrogens is 384 g/mol. The lowest BCUT2D eigenvalue weighted by Crippen LogP contribution is -2.70. The first-order valence-corrected chi connectivity index (χ1v) is 10.3. The number of nitrogens with one attached hydrogen (secondary N) is 2. The average Bonchev–Trinajstić information content (AvgIpc) is 2.55. The van der Waals surface area contributed by atoms with E-state index in [1.54, 1.807) is 20.8 Å². The first kappa shape index (κ1) is 23.7. The maximum Gasteiger partial charge on any atom is 0.407 e. The van der Waals surface area contributed by atoms with Crippen LogP contribution in [0, 0.1) is 5.92 Å². The van der Waals surface area contributed by atoms with Gasteiger partial charge < -0.3 is 20.5 Å². The Hall–Kier alpha value is -2.57. The fourth-order valence-corrected chi connectivity index (χ4v) is 4.17. The molecule has 7 nitrogen and oxygen atoms in total. The van der Waals surface area contributed by atoms with Crippen molar-refractivity contribution < 1.29 is 24.2 Å². The molecule has 1 aliphatic carbocycles. The summed E-state index contributed by atoms with van der Waals surface area (Å²) in [5, 5.41) is 15.3. The molecule has 3 N–H and O–H groups in total. The number of amides is 2. The van der Waals surface area contributed by atoms with Crippen molar-refractivity contribution >= 4 is 18.0 Å². The number of rotatable bonds is 7. The van der Waals surface area contributed by atoms with E-state index < -0.39 is 35.2 Å². The van der Waals surface area contributed by atoms with E-state index in [-0.39, 0.29) is 24.2 Å². The van der Waals surface area contributed by atoms with Crippen molar-refractivity contribution in [2.75, 3.05) is 0 Å². The summed E-state index contributed by atoms with van der Waals surface area (Å²) in [6, 6.07) is 9.41. The predicted molar refractivity (Wildman–Crippen MR) is 114 cm³/mol. The molecule has 0 spiro atoms. The van der Waals surface area contributed by atoms with Crippen LogP contribution in [-0.4, -0.2) is 40.3 Å². The number of hydrogen-bond donors (Lipinski definition) is 3. The van der Waals surface area contributed by atoms with Gasteiger partial charge in [-0.1, -0.05) is 44.2 Å². The van der Waals surface area contributed by atoms with E-state index in [4.69, 9.17) is 4.74 Å². The third-order valence-electron chi connectivity index (χ3n) is 5.62. The molecule has 166 valence electrons. The zero-order valence-electron chi connectivity index (χ0n) is 18.7. The van der Waals surface area contributed by atoms with Crippen LogP contribution in [0.3, 0.4) is 0 Å². The molecular formula is C23H34N2O5. The number of carboxylic acids is 1. The molecule has 0 aliphatic heterocycles. The van der Waals surface area contributed by atoms with Crippen LogP contribution in [0.1, 0.15) is 66.4 Å². The quantitative estimate of drug-likeness (QED) is 0.627. The van der Waals surface area contributed by atoms with Crippen molar-refractivity contribution in [3.63, 3.8) is 0 Å². The number of hydrogen-bond acceptors (Lipinski definition) is 4. The van der Waals surface area contributed by atoms with Gasteiger partial charge >= 0.3 is 12.1 Å². The maximum absolute atomic E-state index is 12.6. The van der Waals surface area contributed by atoms with Gasteiger partial charge in [0.05, 0.1) is 17.5 Å². The molecule has 2 rings (SSSR count). The second-order valence-electron chi connectivity index (χ2n) is 9.93. The van der Waals surface area contributed by atoms with Gasteiger partial charge in [-0.25, -0.2) is 4.79 Å². The molecule has 1 atom stereocenters. The minimum atomic E-state index is -0.894. The topological polar surface area (TPSA) is 105 Å². The smallest absolute Gasteiger partial charge is 0.407 e. The number of aliphatic carboxylic acids is 1. The van der Waals surface area contributed by atoms with Crippen LogP contribution in [-0.2, 0) is 19.7 Å². The molecule has 1 fully saturated rings. The Kier molecular flexibility index (Phi) is 6.84. The molecule has 1 unspecified atom stereocenters. The third-order valence-corrected chi connectivity index (χ3v) is 5.62. The van der Waals surface area contributed by atoms with Crippen molar-refractivity contribution in [1.82, 2.24) is 10.6 Å². The van der Waals surface area contributed by atoms with Gasteiger partial charge in [-0.05, 0) is 51.0 Å². The molecule has 0 heterocycles. The lowest BCUT2D eigenvalue weighted by atomic mass is 9.61. The van der Waals surface area contributed by atoms with Gasteiger partial charge in [0.1, 0.15) is 5.60 Å². The van der Waals surface area contributed by atoms with E-state index in [9.17, 15) is 19.5 Å². The van der Waals surface area contributed by atoms with Crippen molar-refractivity contribution in [2.45, 2.75) is 83.4 Å². The van der Waals surface area contributed by atoms with Crippen LogP contribution in [0.2, 0.25) is 0 Å². The summed E-state index contributed by atoms with van der Waals surface area (Å²) in [5.74, 6) is -1.71. The highest BCUT2D eigenvalue weighted by molar-refractivity contribution is 5.77. The number of alkyl carbamates (subject to hydrolysis) is 1. The van der Waals surface area contributed by atoms with Crippen LogP contribution in [0.15, 0.2) is 30.3 Å². The molecule has 0 saturated heterocycles. The monoisotopic (exact) mass is 418 g/mol. The Labute approximate surface area is 178 Å². The fourth-order valence-electron chi connectivity index (χ4n) is 4.17. The predicted octanol–water partition coefficient (Wildman–Crippen LogP) is 3.62. The van der Waals surface area contributed by atoms with E-state index in [1.165, 1.54) is 6.92 Å². The summed E-state index contributed by atoms with van der Waals surface area (Å²) < 4.78 is 5.45. The average molecular weight is 419 g/mol. The number of ether oxygens (including phenoxy) is 1. The molecule has 1 aromatic carbocycles. The van der Waals surface area contributed by atoms with Crippen LogP contribution in [0.25, 0.3) is 0 Å². The molecule has 1 aliphatic rings. The minimum absolute atomic E-state index is 0.257. The molecule has 1 aromatic rings. The molecule has 7 heteroatoms. The number of carbonyl (C=O) groups is 3. The maximum atomic E-state index is 12.6. The van der Waals surface area contributed by atoms with Gasteiger partial charge in [0.2, 0.25) is 5.91 Å². The Morgan fingerprint density at radius 2 is 1.70 bits per heavy atom. The van der Waals surface area contributed by atoms with Gasteiger partial charge in [-0.15, -0.1) is 0 Å². The Bertz CT molecular complexity index is 777. The van der Waals surface area contributed by atoms with Gasteiger partial charge in [-0.3, -0.25) is 9.59 Å². The minimum Gasteiger partial charge on any atom is -0.481 e. The van der Waals surface area contributed by atoms with E-state index >= 15 is 0 Å². The normalized spacial score (nSPS) is 22.4. The van der Waals surface area contributed by atoms with Gasteiger partial charge in [0, 0.05) is 6.92 Å². The van der Waals surface area contributed by atoms with Gasteiger partial charge in [0.15, 0.2) is 0 Å². The van der Waals surface area contributed by atoms with E-state index in [0.717, 1.165) is 5.56 Å². The van der Waals surface area contributed by atoms with E-state index in [2.05, 4.69) is 24.5 Å². The lowest BCUT2D eigenvalue weighted by molar-refractivity contribution is -0.150. The van der Waals surface area contributed by atoms with Gasteiger partial charge in [0.25, 0.3) is 0 Å². The first-order chi connectivity index (χ1) is 13.7. The molecule has 0 bridgehead atoms. The summed E-state index contributed by atoms with van der Waals surface area (Å²) in [6.45, 7) is 10.9. The summed E-state index contributed by atoms with van der Waals surface area (Å²) >= 11 is 0. The van der Waals surface area contributed by atoms with E-state index in [1.807, 2.05) is 30.3 Å². The van der Waals surface area contributed by atoms with Crippen LogP contribution in [0.5, 0.6) is 0 Å². The Morgan fingerprint density at radius 1 is 1.13 bits per heavy atom. The van der Waals surface area contributed by atoms with Crippen LogP contribution >= 0.6 is 0 Å². The Balaban J connectivity index is 2.35. The molecule has 2 amide bonds. The highest BCUT2D eigenvalue weighted by atomic mass is 16.6. The number of carboxylic acid groups (broad SMARTS) is 1. The number of carbonyl (C=O) groups excluding carboxylic acids is 2. The second kappa shape index (κ2) is 8.66. The summed E-state index contributed by atoms with van der Waals surface area (Å²) in [7, 11) is 0. The van der Waals surface area contributed by atoms with Crippen molar-refractivity contribution in [2.24, 2.45) is 5.92 Å². The Morgan fingerprint density at radius 3 is 2.17 bits per heavy atom. The summed E-state index contributed by atoms with van der Waals surface area (Å²) in [4.78, 5) is 36.1. The van der Waals surface area contributed by atoms with E-state index in [0.29, 0.717) is 6.42 Å². The highest BCUT2D eigenvalue weighted by Gasteiger charge is 2.54. The lowest BCUT2D eigenvalue weighted by Gasteiger charge is -2.52. The molecule has 30 heavy (non-hydrogen) atoms. The first-order valence-electron chi connectivity index (χ1n) is 10.3. The molecule has 0 aromatic heterocycles. The third kappa shape index (κ3) is 5.97. The summed E-state index contributed by atoms with van der Waals surface area (Å²) in [6.07, 6.45) is 0.434.